The standard InChI is InChI=1S/C22H45Cl2N3O/c23-21(24)15-13-11-9-7-5-3-1-2-4-6-8-10-12-14-16-22(28)27(19-17-25)20-18-26/h21H,1-20,25-26H2. The zero-order valence-corrected chi connectivity index (χ0v) is 19.5. The number of carbonyl (C=O) groups excluding carboxylic acids is 1. The molecule has 0 rings (SSSR count). The molecule has 4 N–H and O–H groups in total. The van der Waals surface area contributed by atoms with Gasteiger partial charge in [-0.15, -0.1) is 23.2 Å². The van der Waals surface area contributed by atoms with Gasteiger partial charge in [0.05, 0.1) is 0 Å². The summed E-state index contributed by atoms with van der Waals surface area (Å²) in [6, 6.07) is 0. The maximum Gasteiger partial charge on any atom is 0.222 e. The van der Waals surface area contributed by atoms with Crippen LogP contribution < -0.4 is 11.5 Å². The fourth-order valence-electron chi connectivity index (χ4n) is 3.53. The molecule has 0 aromatic carbocycles. The Balaban J connectivity index is 3.28. The third-order valence-electron chi connectivity index (χ3n) is 5.21. The fraction of sp³-hybridized carbons (Fsp3) is 0.955. The molecule has 0 aliphatic heterocycles. The number of carbonyl (C=O) groups is 1. The summed E-state index contributed by atoms with van der Waals surface area (Å²) >= 11 is 11.4. The summed E-state index contributed by atoms with van der Waals surface area (Å²) in [4.78, 5) is 13.7. The summed E-state index contributed by atoms with van der Waals surface area (Å²) < 4.78 is 0. The van der Waals surface area contributed by atoms with Crippen molar-refractivity contribution < 1.29 is 4.79 Å². The average Bonchev–Trinajstić information content (AvgIpc) is 2.67. The second-order valence-electron chi connectivity index (χ2n) is 7.84. The van der Waals surface area contributed by atoms with Crippen molar-refractivity contribution in [2.45, 2.75) is 108 Å². The van der Waals surface area contributed by atoms with Gasteiger partial charge < -0.3 is 16.4 Å². The Hall–Kier alpha value is -0.0300. The predicted octanol–water partition coefficient (Wildman–Crippen LogP) is 5.78. The Morgan fingerprint density at radius 3 is 1.36 bits per heavy atom. The first-order valence-electron chi connectivity index (χ1n) is 11.6. The van der Waals surface area contributed by atoms with E-state index in [1.807, 2.05) is 0 Å². The lowest BCUT2D eigenvalue weighted by atomic mass is 10.0. The monoisotopic (exact) mass is 437 g/mol. The minimum atomic E-state index is -0.185. The van der Waals surface area contributed by atoms with Crippen LogP contribution in [-0.2, 0) is 4.79 Å². The Morgan fingerprint density at radius 1 is 0.643 bits per heavy atom. The topological polar surface area (TPSA) is 72.3 Å². The number of nitrogens with two attached hydrogens (primary N) is 2. The molecule has 4 nitrogen and oxygen atoms in total. The van der Waals surface area contributed by atoms with E-state index in [1.54, 1.807) is 4.90 Å². The first kappa shape index (κ1) is 28.0. The molecule has 0 radical (unpaired) electrons. The number of hydrogen-bond acceptors (Lipinski definition) is 3. The zero-order valence-electron chi connectivity index (χ0n) is 18.0. The molecule has 0 saturated carbocycles. The fourth-order valence-corrected chi connectivity index (χ4v) is 3.84. The molecule has 0 fully saturated rings. The van der Waals surface area contributed by atoms with Gasteiger partial charge in [0.2, 0.25) is 5.91 Å². The van der Waals surface area contributed by atoms with Crippen LogP contribution in [0.4, 0.5) is 0 Å². The molecule has 0 bridgehead atoms. The van der Waals surface area contributed by atoms with E-state index in [2.05, 4.69) is 0 Å². The first-order chi connectivity index (χ1) is 13.6. The van der Waals surface area contributed by atoms with Gasteiger partial charge >= 0.3 is 0 Å². The van der Waals surface area contributed by atoms with E-state index in [9.17, 15) is 4.79 Å². The van der Waals surface area contributed by atoms with Crippen LogP contribution in [0.1, 0.15) is 103 Å². The minimum Gasteiger partial charge on any atom is -0.340 e. The van der Waals surface area contributed by atoms with E-state index in [-0.39, 0.29) is 10.7 Å². The number of hydrogen-bond donors (Lipinski definition) is 2. The van der Waals surface area contributed by atoms with Gasteiger partial charge in [-0.2, -0.15) is 0 Å². The van der Waals surface area contributed by atoms with Crippen molar-refractivity contribution in [1.82, 2.24) is 4.90 Å². The number of rotatable bonds is 21. The van der Waals surface area contributed by atoms with Gasteiger partial charge in [-0.3, -0.25) is 4.79 Å². The lowest BCUT2D eigenvalue weighted by Crippen LogP contribution is -2.38. The van der Waals surface area contributed by atoms with Crippen molar-refractivity contribution in [2.75, 3.05) is 26.2 Å². The number of nitrogens with zero attached hydrogens (tertiary/aromatic N) is 1. The highest BCUT2D eigenvalue weighted by atomic mass is 35.5. The molecule has 0 saturated heterocycles. The van der Waals surface area contributed by atoms with Gasteiger partial charge in [0.25, 0.3) is 0 Å². The lowest BCUT2D eigenvalue weighted by molar-refractivity contribution is -0.131. The third kappa shape index (κ3) is 19.3. The van der Waals surface area contributed by atoms with Gasteiger partial charge in [0, 0.05) is 32.6 Å². The Labute approximate surface area is 184 Å². The summed E-state index contributed by atoms with van der Waals surface area (Å²) in [7, 11) is 0. The summed E-state index contributed by atoms with van der Waals surface area (Å²) in [6.07, 6.45) is 19.5. The molecular formula is C22H45Cl2N3O. The SMILES string of the molecule is NCCN(CCN)C(=O)CCCCCCCCCCCCCCCCC(Cl)Cl. The molecule has 168 valence electrons. The highest BCUT2D eigenvalue weighted by Crippen LogP contribution is 2.16. The molecule has 0 aromatic rings. The number of halogens is 2. The van der Waals surface area contributed by atoms with Crippen LogP contribution in [0.25, 0.3) is 0 Å². The van der Waals surface area contributed by atoms with Crippen LogP contribution in [0.3, 0.4) is 0 Å². The second kappa shape index (κ2) is 21.7. The number of amides is 1. The van der Waals surface area contributed by atoms with Gasteiger partial charge in [0.15, 0.2) is 0 Å². The van der Waals surface area contributed by atoms with Crippen molar-refractivity contribution in [3.63, 3.8) is 0 Å². The predicted molar refractivity (Wildman–Crippen MR) is 124 cm³/mol. The van der Waals surface area contributed by atoms with E-state index in [1.165, 1.54) is 70.6 Å². The van der Waals surface area contributed by atoms with Crippen LogP contribution in [0.15, 0.2) is 0 Å². The summed E-state index contributed by atoms with van der Waals surface area (Å²) in [6.45, 7) is 2.27. The van der Waals surface area contributed by atoms with Crippen LogP contribution in [0.5, 0.6) is 0 Å². The van der Waals surface area contributed by atoms with E-state index in [0.717, 1.165) is 25.7 Å². The van der Waals surface area contributed by atoms with Crippen LogP contribution in [0.2, 0.25) is 0 Å². The number of unbranched alkanes of at least 4 members (excludes halogenated alkanes) is 13. The van der Waals surface area contributed by atoms with E-state index in [4.69, 9.17) is 34.7 Å². The van der Waals surface area contributed by atoms with Crippen molar-refractivity contribution in [3.8, 4) is 0 Å². The molecule has 0 aliphatic carbocycles. The van der Waals surface area contributed by atoms with Gasteiger partial charge in [-0.1, -0.05) is 83.5 Å². The first-order valence-corrected chi connectivity index (χ1v) is 12.4. The van der Waals surface area contributed by atoms with Crippen LogP contribution in [-0.4, -0.2) is 41.8 Å². The molecule has 0 aromatic heterocycles. The average molecular weight is 439 g/mol. The van der Waals surface area contributed by atoms with E-state index in [0.29, 0.717) is 32.6 Å². The van der Waals surface area contributed by atoms with Gasteiger partial charge in [0.1, 0.15) is 4.84 Å². The molecule has 28 heavy (non-hydrogen) atoms. The smallest absolute Gasteiger partial charge is 0.222 e. The summed E-state index contributed by atoms with van der Waals surface area (Å²) in [5.41, 5.74) is 11.1. The van der Waals surface area contributed by atoms with E-state index >= 15 is 0 Å². The molecule has 1 amide bonds. The third-order valence-corrected chi connectivity index (χ3v) is 5.65. The highest BCUT2D eigenvalue weighted by molar-refractivity contribution is 6.44. The van der Waals surface area contributed by atoms with Crippen molar-refractivity contribution in [3.05, 3.63) is 0 Å². The highest BCUT2D eigenvalue weighted by Gasteiger charge is 2.10. The molecule has 6 heteroatoms. The maximum absolute atomic E-state index is 12.1. The molecule has 0 unspecified atom stereocenters. The van der Waals surface area contributed by atoms with Gasteiger partial charge in [-0.25, -0.2) is 0 Å². The zero-order chi connectivity index (χ0) is 20.9. The Morgan fingerprint density at radius 2 is 1.00 bits per heavy atom. The Bertz CT molecular complexity index is 338. The van der Waals surface area contributed by atoms with E-state index < -0.39 is 0 Å². The molecule has 0 atom stereocenters. The second-order valence-corrected chi connectivity index (χ2v) is 9.11. The van der Waals surface area contributed by atoms with Crippen molar-refractivity contribution in [1.29, 1.82) is 0 Å². The van der Waals surface area contributed by atoms with Crippen molar-refractivity contribution >= 4 is 29.1 Å². The van der Waals surface area contributed by atoms with Crippen molar-refractivity contribution in [2.24, 2.45) is 11.5 Å². The Kier molecular flexibility index (Phi) is 21.7. The van der Waals surface area contributed by atoms with Crippen LogP contribution >= 0.6 is 23.2 Å². The summed E-state index contributed by atoms with van der Waals surface area (Å²) in [5.74, 6) is 0.207. The maximum atomic E-state index is 12.1. The lowest BCUT2D eigenvalue weighted by Gasteiger charge is -2.21. The molecule has 0 heterocycles. The van der Waals surface area contributed by atoms with Gasteiger partial charge in [-0.05, 0) is 12.8 Å². The quantitative estimate of drug-likeness (QED) is 0.176. The molecule has 0 aliphatic rings. The normalized spacial score (nSPS) is 11.3. The largest absolute Gasteiger partial charge is 0.340 e. The minimum absolute atomic E-state index is 0.185. The molecule has 0 spiro atoms. The molecular weight excluding hydrogens is 393 g/mol. The van der Waals surface area contributed by atoms with Crippen LogP contribution in [0, 0.1) is 0 Å². The number of alkyl halides is 2. The summed E-state index contributed by atoms with van der Waals surface area (Å²) in [5, 5.41) is 0.